The highest BCUT2D eigenvalue weighted by molar-refractivity contribution is 7.92. The van der Waals surface area contributed by atoms with Gasteiger partial charge in [0.2, 0.25) is 21.8 Å². The summed E-state index contributed by atoms with van der Waals surface area (Å²) in [5.41, 5.74) is 4.57. The molecule has 8 heteroatoms. The first-order chi connectivity index (χ1) is 16.9. The van der Waals surface area contributed by atoms with Gasteiger partial charge in [-0.05, 0) is 74.9 Å². The van der Waals surface area contributed by atoms with Crippen molar-refractivity contribution in [1.29, 1.82) is 0 Å². The normalized spacial score (nSPS) is 12.2. The molecular weight excluding hydrogens is 474 g/mol. The van der Waals surface area contributed by atoms with Gasteiger partial charge in [-0.15, -0.1) is 0 Å². The number of sulfonamides is 1. The summed E-state index contributed by atoms with van der Waals surface area (Å²) in [6.07, 6.45) is 3.50. The number of aryl methyl sites for hydroxylation is 3. The molecule has 1 atom stereocenters. The van der Waals surface area contributed by atoms with Crippen molar-refractivity contribution in [2.75, 3.05) is 23.7 Å². The third-order valence-electron chi connectivity index (χ3n) is 6.25. The highest BCUT2D eigenvalue weighted by Gasteiger charge is 2.27. The summed E-state index contributed by atoms with van der Waals surface area (Å²) >= 11 is 0. The molecular formula is C28H41N3O4S. The van der Waals surface area contributed by atoms with Gasteiger partial charge in [0.1, 0.15) is 6.04 Å². The predicted molar refractivity (Wildman–Crippen MR) is 146 cm³/mol. The second kappa shape index (κ2) is 13.4. The number of carbonyl (C=O) groups is 2. The van der Waals surface area contributed by atoms with E-state index < -0.39 is 16.1 Å². The SMILES string of the molecule is CCCCNC(=O)C(C)N(Cc1ccccc1C)C(=O)CCCN(c1cc(C)cc(C)c1)S(C)(=O)=O. The number of rotatable bonds is 13. The van der Waals surface area contributed by atoms with Gasteiger partial charge >= 0.3 is 0 Å². The van der Waals surface area contributed by atoms with Gasteiger partial charge in [-0.25, -0.2) is 8.42 Å². The van der Waals surface area contributed by atoms with E-state index in [0.717, 1.165) is 35.1 Å². The second-order valence-electron chi connectivity index (χ2n) is 9.55. The molecule has 2 aromatic carbocycles. The molecule has 36 heavy (non-hydrogen) atoms. The maximum absolute atomic E-state index is 13.4. The van der Waals surface area contributed by atoms with Crippen LogP contribution in [-0.2, 0) is 26.2 Å². The van der Waals surface area contributed by atoms with E-state index in [0.29, 0.717) is 25.2 Å². The first kappa shape index (κ1) is 29.4. The molecule has 0 heterocycles. The zero-order valence-corrected chi connectivity index (χ0v) is 23.3. The molecule has 0 aliphatic rings. The largest absolute Gasteiger partial charge is 0.354 e. The van der Waals surface area contributed by atoms with Crippen LogP contribution in [-0.4, -0.2) is 50.5 Å². The lowest BCUT2D eigenvalue weighted by Crippen LogP contribution is -2.48. The second-order valence-corrected chi connectivity index (χ2v) is 11.5. The molecule has 0 aromatic heterocycles. The summed E-state index contributed by atoms with van der Waals surface area (Å²) in [5.74, 6) is -0.358. The van der Waals surface area contributed by atoms with Crippen LogP contribution in [0.4, 0.5) is 5.69 Å². The average Bonchev–Trinajstić information content (AvgIpc) is 2.79. The minimum Gasteiger partial charge on any atom is -0.354 e. The summed E-state index contributed by atoms with van der Waals surface area (Å²) < 4.78 is 26.4. The Labute approximate surface area is 216 Å². The minimum atomic E-state index is -3.52. The standard InChI is InChI=1S/C28H41N3O4S/c1-7-8-15-29-28(33)24(5)30(20-25-13-10-9-12-23(25)4)27(32)14-11-16-31(36(6,34)35)26-18-21(2)17-22(3)19-26/h9-10,12-13,17-19,24H,7-8,11,14-16,20H2,1-6H3,(H,29,33). The third kappa shape index (κ3) is 8.66. The number of hydrogen-bond donors (Lipinski definition) is 1. The average molecular weight is 516 g/mol. The van der Waals surface area contributed by atoms with Crippen molar-refractivity contribution in [3.63, 3.8) is 0 Å². The molecule has 0 fully saturated rings. The molecule has 0 saturated carbocycles. The molecule has 0 spiro atoms. The zero-order chi connectivity index (χ0) is 26.9. The van der Waals surface area contributed by atoms with Gasteiger partial charge in [0.25, 0.3) is 0 Å². The number of unbranched alkanes of at least 4 members (excludes halogenated alkanes) is 1. The van der Waals surface area contributed by atoms with Crippen molar-refractivity contribution in [2.45, 2.75) is 72.9 Å². The Morgan fingerprint density at radius 2 is 1.64 bits per heavy atom. The Bertz CT molecular complexity index is 1130. The summed E-state index contributed by atoms with van der Waals surface area (Å²) in [5, 5.41) is 2.92. The molecule has 2 amide bonds. The van der Waals surface area contributed by atoms with Crippen LogP contribution in [0.3, 0.4) is 0 Å². The van der Waals surface area contributed by atoms with Gasteiger partial charge in [0, 0.05) is 26.1 Å². The topological polar surface area (TPSA) is 86.8 Å². The van der Waals surface area contributed by atoms with E-state index in [-0.39, 0.29) is 24.8 Å². The number of amides is 2. The number of nitrogens with one attached hydrogen (secondary N) is 1. The lowest BCUT2D eigenvalue weighted by molar-refractivity contribution is -0.140. The van der Waals surface area contributed by atoms with Crippen molar-refractivity contribution in [2.24, 2.45) is 0 Å². The summed E-state index contributed by atoms with van der Waals surface area (Å²) in [6, 6.07) is 12.8. The van der Waals surface area contributed by atoms with Crippen LogP contribution in [0.25, 0.3) is 0 Å². The number of hydrogen-bond acceptors (Lipinski definition) is 4. The molecule has 1 N–H and O–H groups in total. The van der Waals surface area contributed by atoms with Gasteiger partial charge in [-0.3, -0.25) is 13.9 Å². The number of carbonyl (C=O) groups excluding carboxylic acids is 2. The van der Waals surface area contributed by atoms with E-state index in [2.05, 4.69) is 12.2 Å². The minimum absolute atomic E-state index is 0.134. The maximum Gasteiger partial charge on any atom is 0.242 e. The number of anilines is 1. The van der Waals surface area contributed by atoms with E-state index in [1.54, 1.807) is 11.8 Å². The van der Waals surface area contributed by atoms with Gasteiger partial charge < -0.3 is 10.2 Å². The van der Waals surface area contributed by atoms with E-state index in [9.17, 15) is 18.0 Å². The van der Waals surface area contributed by atoms with Crippen LogP contribution in [0.15, 0.2) is 42.5 Å². The third-order valence-corrected chi connectivity index (χ3v) is 7.44. The molecule has 0 aliphatic carbocycles. The molecule has 0 saturated heterocycles. The predicted octanol–water partition coefficient (Wildman–Crippen LogP) is 4.49. The summed E-state index contributed by atoms with van der Waals surface area (Å²) in [7, 11) is -3.52. The van der Waals surface area contributed by atoms with Crippen molar-refractivity contribution in [3.05, 3.63) is 64.7 Å². The fourth-order valence-electron chi connectivity index (χ4n) is 4.19. The smallest absolute Gasteiger partial charge is 0.242 e. The van der Waals surface area contributed by atoms with Crippen molar-refractivity contribution in [1.82, 2.24) is 10.2 Å². The summed E-state index contributed by atoms with van der Waals surface area (Å²) in [4.78, 5) is 27.8. The highest BCUT2D eigenvalue weighted by atomic mass is 32.2. The fraction of sp³-hybridized carbons (Fsp3) is 0.500. The first-order valence-electron chi connectivity index (χ1n) is 12.6. The van der Waals surface area contributed by atoms with Crippen LogP contribution in [0.5, 0.6) is 0 Å². The van der Waals surface area contributed by atoms with Crippen molar-refractivity contribution < 1.29 is 18.0 Å². The zero-order valence-electron chi connectivity index (χ0n) is 22.5. The molecule has 1 unspecified atom stereocenters. The van der Waals surface area contributed by atoms with E-state index >= 15 is 0 Å². The maximum atomic E-state index is 13.4. The molecule has 2 aromatic rings. The molecule has 0 radical (unpaired) electrons. The number of nitrogens with zero attached hydrogens (tertiary/aromatic N) is 2. The Kier molecular flexibility index (Phi) is 11.0. The van der Waals surface area contributed by atoms with E-state index in [4.69, 9.17) is 0 Å². The Balaban J connectivity index is 2.18. The molecule has 0 bridgehead atoms. The van der Waals surface area contributed by atoms with Crippen LogP contribution in [0.2, 0.25) is 0 Å². The first-order valence-corrected chi connectivity index (χ1v) is 14.5. The Hall–Kier alpha value is -2.87. The lowest BCUT2D eigenvalue weighted by Gasteiger charge is -2.30. The molecule has 198 valence electrons. The van der Waals surface area contributed by atoms with Crippen LogP contribution in [0.1, 0.15) is 61.8 Å². The summed E-state index contributed by atoms with van der Waals surface area (Å²) in [6.45, 7) is 10.7. The number of benzene rings is 2. The van der Waals surface area contributed by atoms with Gasteiger partial charge in [0.05, 0.1) is 11.9 Å². The fourth-order valence-corrected chi connectivity index (χ4v) is 5.14. The van der Waals surface area contributed by atoms with Gasteiger partial charge in [0.15, 0.2) is 0 Å². The van der Waals surface area contributed by atoms with Crippen molar-refractivity contribution in [3.8, 4) is 0 Å². The lowest BCUT2D eigenvalue weighted by atomic mass is 10.1. The molecule has 7 nitrogen and oxygen atoms in total. The van der Waals surface area contributed by atoms with Crippen LogP contribution in [0, 0.1) is 20.8 Å². The van der Waals surface area contributed by atoms with E-state index in [1.807, 2.05) is 63.2 Å². The molecule has 0 aliphatic heterocycles. The van der Waals surface area contributed by atoms with Crippen LogP contribution >= 0.6 is 0 Å². The van der Waals surface area contributed by atoms with Gasteiger partial charge in [-0.1, -0.05) is 43.7 Å². The Morgan fingerprint density at radius 1 is 1.00 bits per heavy atom. The van der Waals surface area contributed by atoms with Gasteiger partial charge in [-0.2, -0.15) is 0 Å². The molecule has 2 rings (SSSR count). The monoisotopic (exact) mass is 515 g/mol. The van der Waals surface area contributed by atoms with Crippen molar-refractivity contribution >= 4 is 27.5 Å². The Morgan fingerprint density at radius 3 is 2.22 bits per heavy atom. The quantitative estimate of drug-likeness (QED) is 0.398. The van der Waals surface area contributed by atoms with E-state index in [1.165, 1.54) is 10.6 Å². The van der Waals surface area contributed by atoms with Crippen LogP contribution < -0.4 is 9.62 Å². The highest BCUT2D eigenvalue weighted by Crippen LogP contribution is 2.22.